The minimum atomic E-state index is 0.0208. The molecule has 0 aliphatic carbocycles. The van der Waals surface area contributed by atoms with Crippen LogP contribution >= 0.6 is 0 Å². The van der Waals surface area contributed by atoms with Gasteiger partial charge in [0.15, 0.2) is 0 Å². The highest BCUT2D eigenvalue weighted by Gasteiger charge is 2.33. The Bertz CT molecular complexity index is 311. The van der Waals surface area contributed by atoms with Crippen molar-refractivity contribution in [3.8, 4) is 0 Å². The first-order chi connectivity index (χ1) is 9.61. The van der Waals surface area contributed by atoms with Gasteiger partial charge in [-0.3, -0.25) is 9.69 Å². The van der Waals surface area contributed by atoms with Crippen molar-refractivity contribution in [3.05, 3.63) is 0 Å². The summed E-state index contributed by atoms with van der Waals surface area (Å²) in [7, 11) is 0. The van der Waals surface area contributed by atoms with E-state index in [9.17, 15) is 4.79 Å². The van der Waals surface area contributed by atoms with E-state index in [-0.39, 0.29) is 18.1 Å². The molecule has 2 N–H and O–H groups in total. The fourth-order valence-electron chi connectivity index (χ4n) is 3.66. The Morgan fingerprint density at radius 1 is 1.00 bits per heavy atom. The largest absolute Gasteiger partial charge is 0.337 e. The molecule has 2 aliphatic heterocycles. The van der Waals surface area contributed by atoms with Gasteiger partial charge in [0.05, 0.1) is 6.04 Å². The normalized spacial score (nSPS) is 28.8. The van der Waals surface area contributed by atoms with E-state index in [0.717, 1.165) is 32.5 Å². The first-order valence-electron chi connectivity index (χ1n) is 8.41. The van der Waals surface area contributed by atoms with Crippen molar-refractivity contribution in [2.45, 2.75) is 76.9 Å². The molecule has 0 aromatic rings. The lowest BCUT2D eigenvalue weighted by molar-refractivity contribution is -0.140. The second-order valence-electron chi connectivity index (χ2n) is 6.58. The highest BCUT2D eigenvalue weighted by molar-refractivity contribution is 5.82. The molecule has 0 aromatic carbocycles. The number of hydrogen-bond donors (Lipinski definition) is 1. The van der Waals surface area contributed by atoms with Crippen LogP contribution in [0.25, 0.3) is 0 Å². The summed E-state index contributed by atoms with van der Waals surface area (Å²) < 4.78 is 0. The number of likely N-dealkylation sites (tertiary alicyclic amines) is 2. The zero-order chi connectivity index (χ0) is 14.5. The van der Waals surface area contributed by atoms with Gasteiger partial charge in [-0.2, -0.15) is 0 Å². The third kappa shape index (κ3) is 3.73. The van der Waals surface area contributed by atoms with Crippen LogP contribution in [0, 0.1) is 0 Å². The standard InChI is InChI=1S/C16H31N3O/c1-13(17)15-9-5-8-12-19(15)16(20)14(2)18-10-6-3-4-7-11-18/h13-15H,3-12,17H2,1-2H3. The number of carbonyl (C=O) groups is 1. The van der Waals surface area contributed by atoms with Crippen LogP contribution in [0.1, 0.15) is 58.8 Å². The first kappa shape index (κ1) is 15.8. The fourth-order valence-corrected chi connectivity index (χ4v) is 3.66. The molecule has 2 rings (SSSR count). The van der Waals surface area contributed by atoms with Crippen molar-refractivity contribution in [2.24, 2.45) is 5.73 Å². The Hall–Kier alpha value is -0.610. The molecule has 0 aromatic heterocycles. The molecule has 4 nitrogen and oxygen atoms in total. The van der Waals surface area contributed by atoms with Crippen LogP contribution in [0.4, 0.5) is 0 Å². The summed E-state index contributed by atoms with van der Waals surface area (Å²) in [5.41, 5.74) is 6.09. The Balaban J connectivity index is 2.00. The molecule has 4 heteroatoms. The molecule has 0 bridgehead atoms. The number of amides is 1. The second-order valence-corrected chi connectivity index (χ2v) is 6.58. The summed E-state index contributed by atoms with van der Waals surface area (Å²) in [6, 6.07) is 0.341. The minimum absolute atomic E-state index is 0.0208. The van der Waals surface area contributed by atoms with Gasteiger partial charge in [-0.15, -0.1) is 0 Å². The molecule has 20 heavy (non-hydrogen) atoms. The predicted molar refractivity (Wildman–Crippen MR) is 82.5 cm³/mol. The van der Waals surface area contributed by atoms with E-state index in [4.69, 9.17) is 5.73 Å². The van der Waals surface area contributed by atoms with Gasteiger partial charge in [-0.05, 0) is 59.0 Å². The van der Waals surface area contributed by atoms with Crippen molar-refractivity contribution >= 4 is 5.91 Å². The smallest absolute Gasteiger partial charge is 0.239 e. The lowest BCUT2D eigenvalue weighted by Crippen LogP contribution is -2.56. The van der Waals surface area contributed by atoms with Crippen LogP contribution in [-0.4, -0.2) is 53.5 Å². The van der Waals surface area contributed by atoms with Crippen LogP contribution in [0.2, 0.25) is 0 Å². The average molecular weight is 281 g/mol. The van der Waals surface area contributed by atoms with Gasteiger partial charge in [0.1, 0.15) is 0 Å². The van der Waals surface area contributed by atoms with Gasteiger partial charge in [0.25, 0.3) is 0 Å². The monoisotopic (exact) mass is 281 g/mol. The summed E-state index contributed by atoms with van der Waals surface area (Å²) in [5.74, 6) is 0.300. The zero-order valence-electron chi connectivity index (χ0n) is 13.2. The molecule has 0 saturated carbocycles. The van der Waals surface area contributed by atoms with Gasteiger partial charge in [-0.25, -0.2) is 0 Å². The Kier molecular flexibility index (Phi) is 5.85. The first-order valence-corrected chi connectivity index (χ1v) is 8.41. The highest BCUT2D eigenvalue weighted by atomic mass is 16.2. The lowest BCUT2D eigenvalue weighted by atomic mass is 9.96. The number of piperidine rings is 1. The summed E-state index contributed by atoms with van der Waals surface area (Å²) in [6.45, 7) is 7.16. The summed E-state index contributed by atoms with van der Waals surface area (Å²) in [5, 5.41) is 0. The molecule has 116 valence electrons. The molecule has 2 fully saturated rings. The van der Waals surface area contributed by atoms with Crippen LogP contribution in [0.15, 0.2) is 0 Å². The number of carbonyl (C=O) groups excluding carboxylic acids is 1. The third-order valence-electron chi connectivity index (χ3n) is 4.99. The van der Waals surface area contributed by atoms with E-state index in [2.05, 4.69) is 16.7 Å². The lowest BCUT2D eigenvalue weighted by Gasteiger charge is -2.41. The maximum absolute atomic E-state index is 12.9. The van der Waals surface area contributed by atoms with Crippen LogP contribution in [0.5, 0.6) is 0 Å². The topological polar surface area (TPSA) is 49.6 Å². The van der Waals surface area contributed by atoms with E-state index in [1.807, 2.05) is 6.92 Å². The average Bonchev–Trinajstić information content (AvgIpc) is 2.74. The van der Waals surface area contributed by atoms with Gasteiger partial charge < -0.3 is 10.6 Å². The SMILES string of the molecule is CC(N)C1CCCCN1C(=O)C(C)N1CCCCCC1. The Morgan fingerprint density at radius 3 is 2.20 bits per heavy atom. The molecule has 3 unspecified atom stereocenters. The quantitative estimate of drug-likeness (QED) is 0.860. The fraction of sp³-hybridized carbons (Fsp3) is 0.938. The van der Waals surface area contributed by atoms with Crippen molar-refractivity contribution in [2.75, 3.05) is 19.6 Å². The highest BCUT2D eigenvalue weighted by Crippen LogP contribution is 2.22. The summed E-state index contributed by atoms with van der Waals surface area (Å²) >= 11 is 0. The molecule has 3 atom stereocenters. The predicted octanol–water partition coefficient (Wildman–Crippen LogP) is 1.98. The number of hydrogen-bond acceptors (Lipinski definition) is 3. The zero-order valence-corrected chi connectivity index (χ0v) is 13.2. The third-order valence-corrected chi connectivity index (χ3v) is 4.99. The van der Waals surface area contributed by atoms with Gasteiger partial charge in [-0.1, -0.05) is 12.8 Å². The van der Waals surface area contributed by atoms with Crippen molar-refractivity contribution in [1.82, 2.24) is 9.80 Å². The van der Waals surface area contributed by atoms with Crippen LogP contribution in [0.3, 0.4) is 0 Å². The molecule has 2 saturated heterocycles. The molecular weight excluding hydrogens is 250 g/mol. The van der Waals surface area contributed by atoms with Gasteiger partial charge in [0, 0.05) is 18.6 Å². The maximum atomic E-state index is 12.9. The van der Waals surface area contributed by atoms with E-state index in [0.29, 0.717) is 5.91 Å². The number of rotatable bonds is 3. The molecule has 2 heterocycles. The van der Waals surface area contributed by atoms with Crippen molar-refractivity contribution in [1.29, 1.82) is 0 Å². The summed E-state index contributed by atoms with van der Waals surface area (Å²) in [4.78, 5) is 17.3. The second kappa shape index (κ2) is 7.41. The van der Waals surface area contributed by atoms with E-state index < -0.39 is 0 Å². The maximum Gasteiger partial charge on any atom is 0.239 e. The van der Waals surface area contributed by atoms with E-state index in [1.54, 1.807) is 0 Å². The van der Waals surface area contributed by atoms with Crippen molar-refractivity contribution in [3.63, 3.8) is 0 Å². The van der Waals surface area contributed by atoms with Crippen LogP contribution < -0.4 is 5.73 Å². The van der Waals surface area contributed by atoms with E-state index >= 15 is 0 Å². The molecule has 1 amide bonds. The van der Waals surface area contributed by atoms with Crippen molar-refractivity contribution < 1.29 is 4.79 Å². The van der Waals surface area contributed by atoms with E-state index in [1.165, 1.54) is 32.1 Å². The van der Waals surface area contributed by atoms with Crippen LogP contribution in [-0.2, 0) is 4.79 Å². The molecule has 0 radical (unpaired) electrons. The molecular formula is C16H31N3O. The molecule has 2 aliphatic rings. The molecule has 0 spiro atoms. The Labute approximate surface area is 123 Å². The van der Waals surface area contributed by atoms with Gasteiger partial charge in [0.2, 0.25) is 5.91 Å². The Morgan fingerprint density at radius 2 is 1.60 bits per heavy atom. The number of nitrogens with zero attached hydrogens (tertiary/aromatic N) is 2. The minimum Gasteiger partial charge on any atom is -0.337 e. The number of nitrogens with two attached hydrogens (primary N) is 1. The summed E-state index contributed by atoms with van der Waals surface area (Å²) in [6.07, 6.45) is 8.47. The van der Waals surface area contributed by atoms with Gasteiger partial charge >= 0.3 is 0 Å².